The summed E-state index contributed by atoms with van der Waals surface area (Å²) >= 11 is 0. The largest absolute Gasteiger partial charge is 0.503 e. The molecule has 2 aromatic rings. The number of hydrogen-bond acceptors (Lipinski definition) is 7. The third-order valence-electron chi connectivity index (χ3n) is 3.73. The quantitative estimate of drug-likeness (QED) is 0.677. The minimum absolute atomic E-state index is 0.117. The Morgan fingerprint density at radius 2 is 1.85 bits per heavy atom. The fraction of sp³-hybridized carbons (Fsp3) is 0.316. The van der Waals surface area contributed by atoms with Gasteiger partial charge in [-0.25, -0.2) is 4.98 Å². The van der Waals surface area contributed by atoms with Crippen LogP contribution in [-0.2, 0) is 16.0 Å². The van der Waals surface area contributed by atoms with Gasteiger partial charge < -0.3 is 24.6 Å². The van der Waals surface area contributed by atoms with Crippen LogP contribution in [0.4, 0.5) is 0 Å². The number of methoxy groups -OCH3 is 2. The van der Waals surface area contributed by atoms with E-state index < -0.39 is 17.6 Å². The summed E-state index contributed by atoms with van der Waals surface area (Å²) in [6.07, 6.45) is 1.48. The van der Waals surface area contributed by atoms with Crippen LogP contribution in [0, 0.1) is 0 Å². The van der Waals surface area contributed by atoms with Crippen LogP contribution >= 0.6 is 0 Å². The highest BCUT2D eigenvalue weighted by atomic mass is 16.5. The monoisotopic (exact) mass is 374 g/mol. The standard InChI is InChI=1S/C19H22N2O6/c1-12(10-13-4-6-14(25-2)7-5-13)27-16(22)11-21-19(24)17-18(23)15(26-3)8-9-20-17/h4-9,12,23H,10-11H2,1-3H3,(H,21,24). The molecule has 1 unspecified atom stereocenters. The zero-order valence-corrected chi connectivity index (χ0v) is 15.4. The molecule has 0 saturated carbocycles. The molecule has 0 spiro atoms. The molecule has 0 aliphatic rings. The average Bonchev–Trinajstić information content (AvgIpc) is 2.66. The summed E-state index contributed by atoms with van der Waals surface area (Å²) in [6, 6.07) is 8.86. The first kappa shape index (κ1) is 20.0. The first-order chi connectivity index (χ1) is 12.9. The molecule has 1 aromatic heterocycles. The topological polar surface area (TPSA) is 107 Å². The maximum absolute atomic E-state index is 12.1. The van der Waals surface area contributed by atoms with Gasteiger partial charge in [-0.15, -0.1) is 0 Å². The van der Waals surface area contributed by atoms with Gasteiger partial charge in [-0.1, -0.05) is 12.1 Å². The Kier molecular flexibility index (Phi) is 6.99. The van der Waals surface area contributed by atoms with E-state index in [-0.39, 0.29) is 24.1 Å². The predicted molar refractivity (Wildman–Crippen MR) is 97.0 cm³/mol. The second-order valence-corrected chi connectivity index (χ2v) is 5.75. The van der Waals surface area contributed by atoms with Crippen LogP contribution in [0.2, 0.25) is 0 Å². The number of benzene rings is 1. The highest BCUT2D eigenvalue weighted by Crippen LogP contribution is 2.27. The summed E-state index contributed by atoms with van der Waals surface area (Å²) < 4.78 is 15.3. The second-order valence-electron chi connectivity index (χ2n) is 5.75. The summed E-state index contributed by atoms with van der Waals surface area (Å²) in [5.74, 6) is -0.817. The molecule has 144 valence electrons. The molecule has 0 fully saturated rings. The van der Waals surface area contributed by atoms with Gasteiger partial charge in [0.2, 0.25) is 0 Å². The van der Waals surface area contributed by atoms with E-state index in [1.807, 2.05) is 24.3 Å². The molecular formula is C19H22N2O6. The molecule has 1 heterocycles. The van der Waals surface area contributed by atoms with Gasteiger partial charge in [-0.3, -0.25) is 9.59 Å². The maximum atomic E-state index is 12.1. The predicted octanol–water partition coefficient (Wildman–Crippen LogP) is 1.71. The van der Waals surface area contributed by atoms with E-state index in [9.17, 15) is 14.7 Å². The zero-order valence-electron chi connectivity index (χ0n) is 15.4. The lowest BCUT2D eigenvalue weighted by Gasteiger charge is -2.14. The summed E-state index contributed by atoms with van der Waals surface area (Å²) in [5.41, 5.74) is 0.763. The van der Waals surface area contributed by atoms with Gasteiger partial charge in [0, 0.05) is 18.7 Å². The normalized spacial score (nSPS) is 11.4. The molecule has 1 aromatic carbocycles. The Morgan fingerprint density at radius 1 is 1.15 bits per heavy atom. The number of rotatable bonds is 8. The number of carbonyl (C=O) groups excluding carboxylic acids is 2. The summed E-state index contributed by atoms with van der Waals surface area (Å²) in [7, 11) is 2.95. The number of esters is 1. The Labute approximate surface area is 157 Å². The molecule has 1 atom stereocenters. The Balaban J connectivity index is 1.83. The lowest BCUT2D eigenvalue weighted by Crippen LogP contribution is -2.33. The van der Waals surface area contributed by atoms with Crippen molar-refractivity contribution in [2.75, 3.05) is 20.8 Å². The average molecular weight is 374 g/mol. The van der Waals surface area contributed by atoms with Crippen LogP contribution in [0.5, 0.6) is 17.2 Å². The lowest BCUT2D eigenvalue weighted by molar-refractivity contribution is -0.146. The molecular weight excluding hydrogens is 352 g/mol. The van der Waals surface area contributed by atoms with Crippen molar-refractivity contribution in [2.45, 2.75) is 19.4 Å². The minimum atomic E-state index is -0.703. The molecule has 27 heavy (non-hydrogen) atoms. The highest BCUT2D eigenvalue weighted by Gasteiger charge is 2.18. The van der Waals surface area contributed by atoms with Gasteiger partial charge in [-0.05, 0) is 24.6 Å². The van der Waals surface area contributed by atoms with Crippen LogP contribution in [0.15, 0.2) is 36.5 Å². The Hall–Kier alpha value is -3.29. The van der Waals surface area contributed by atoms with E-state index in [1.165, 1.54) is 19.4 Å². The lowest BCUT2D eigenvalue weighted by atomic mass is 10.1. The number of hydrogen-bond donors (Lipinski definition) is 2. The third-order valence-corrected chi connectivity index (χ3v) is 3.73. The van der Waals surface area contributed by atoms with Gasteiger partial charge in [0.05, 0.1) is 14.2 Å². The van der Waals surface area contributed by atoms with Crippen molar-refractivity contribution >= 4 is 11.9 Å². The molecule has 0 radical (unpaired) electrons. The van der Waals surface area contributed by atoms with Crippen molar-refractivity contribution in [3.63, 3.8) is 0 Å². The highest BCUT2D eigenvalue weighted by molar-refractivity contribution is 5.97. The van der Waals surface area contributed by atoms with Crippen molar-refractivity contribution in [3.8, 4) is 17.2 Å². The SMILES string of the molecule is COc1ccc(CC(C)OC(=O)CNC(=O)c2nccc(OC)c2O)cc1. The van der Waals surface area contributed by atoms with E-state index >= 15 is 0 Å². The van der Waals surface area contributed by atoms with Gasteiger partial charge in [0.1, 0.15) is 18.4 Å². The minimum Gasteiger partial charge on any atom is -0.503 e. The third kappa shape index (κ3) is 5.60. The van der Waals surface area contributed by atoms with Crippen LogP contribution in [0.1, 0.15) is 23.0 Å². The molecule has 0 aliphatic heterocycles. The number of carbonyl (C=O) groups is 2. The molecule has 0 saturated heterocycles. The molecule has 1 amide bonds. The molecule has 2 N–H and O–H groups in total. The van der Waals surface area contributed by atoms with E-state index in [2.05, 4.69) is 10.3 Å². The van der Waals surface area contributed by atoms with Crippen molar-refractivity contribution in [3.05, 3.63) is 47.8 Å². The number of aromatic hydroxyl groups is 1. The summed E-state index contributed by atoms with van der Waals surface area (Å²) in [6.45, 7) is 1.42. The van der Waals surface area contributed by atoms with E-state index in [1.54, 1.807) is 14.0 Å². The van der Waals surface area contributed by atoms with Crippen LogP contribution in [-0.4, -0.2) is 48.8 Å². The molecule has 8 nitrogen and oxygen atoms in total. The van der Waals surface area contributed by atoms with Crippen molar-refractivity contribution in [1.82, 2.24) is 10.3 Å². The van der Waals surface area contributed by atoms with Gasteiger partial charge in [0.25, 0.3) is 5.91 Å². The van der Waals surface area contributed by atoms with Crippen molar-refractivity contribution in [1.29, 1.82) is 0 Å². The van der Waals surface area contributed by atoms with Gasteiger partial charge >= 0.3 is 5.97 Å². The number of nitrogens with one attached hydrogen (secondary N) is 1. The van der Waals surface area contributed by atoms with Crippen molar-refractivity contribution in [2.24, 2.45) is 0 Å². The van der Waals surface area contributed by atoms with Gasteiger partial charge in [-0.2, -0.15) is 0 Å². The Morgan fingerprint density at radius 3 is 2.48 bits per heavy atom. The maximum Gasteiger partial charge on any atom is 0.325 e. The number of aromatic nitrogens is 1. The molecule has 0 aliphatic carbocycles. The number of nitrogens with zero attached hydrogens (tertiary/aromatic N) is 1. The van der Waals surface area contributed by atoms with Crippen LogP contribution < -0.4 is 14.8 Å². The first-order valence-corrected chi connectivity index (χ1v) is 8.27. The van der Waals surface area contributed by atoms with Crippen LogP contribution in [0.25, 0.3) is 0 Å². The van der Waals surface area contributed by atoms with E-state index in [0.717, 1.165) is 11.3 Å². The van der Waals surface area contributed by atoms with Crippen molar-refractivity contribution < 1.29 is 28.9 Å². The van der Waals surface area contributed by atoms with Gasteiger partial charge in [0.15, 0.2) is 17.2 Å². The van der Waals surface area contributed by atoms with E-state index in [0.29, 0.717) is 6.42 Å². The molecule has 0 bridgehead atoms. The fourth-order valence-corrected chi connectivity index (χ4v) is 2.40. The first-order valence-electron chi connectivity index (χ1n) is 8.27. The number of ether oxygens (including phenoxy) is 3. The van der Waals surface area contributed by atoms with Crippen LogP contribution in [0.3, 0.4) is 0 Å². The molecule has 8 heteroatoms. The second kappa shape index (κ2) is 9.42. The number of pyridine rings is 1. The fourth-order valence-electron chi connectivity index (χ4n) is 2.40. The Bertz CT molecular complexity index is 791. The molecule has 2 rings (SSSR count). The number of amides is 1. The summed E-state index contributed by atoms with van der Waals surface area (Å²) in [5, 5.41) is 12.3. The smallest absolute Gasteiger partial charge is 0.325 e. The summed E-state index contributed by atoms with van der Waals surface area (Å²) in [4.78, 5) is 27.8. The zero-order chi connectivity index (χ0) is 19.8. The van der Waals surface area contributed by atoms with E-state index in [4.69, 9.17) is 14.2 Å².